The molecule has 0 aliphatic heterocycles. The molecule has 0 radical (unpaired) electrons. The summed E-state index contributed by atoms with van der Waals surface area (Å²) in [4.78, 5) is 0. The Morgan fingerprint density at radius 2 is 1.33 bits per heavy atom. The van der Waals surface area contributed by atoms with E-state index in [0.717, 1.165) is 9.50 Å². The monoisotopic (exact) mass is 316 g/mol. The lowest BCUT2D eigenvalue weighted by molar-refractivity contribution is 1.63. The van der Waals surface area contributed by atoms with Crippen LogP contribution < -0.4 is 0 Å². The molecule has 2 heteroatoms. The summed E-state index contributed by atoms with van der Waals surface area (Å²) >= 11 is 9.41. The fourth-order valence-corrected chi connectivity index (χ4v) is 2.54. The Morgan fingerprint density at radius 1 is 0.667 bits per heavy atom. The molecule has 0 unspecified atom stereocenters. The molecule has 0 aliphatic carbocycles. The van der Waals surface area contributed by atoms with Gasteiger partial charge >= 0.3 is 0 Å². The normalized spacial score (nSPS) is 10.8. The van der Waals surface area contributed by atoms with Crippen molar-refractivity contribution in [2.24, 2.45) is 0 Å². The fourth-order valence-electron chi connectivity index (χ4n) is 2.04. The van der Waals surface area contributed by atoms with Gasteiger partial charge in [0.05, 0.1) is 0 Å². The van der Waals surface area contributed by atoms with Crippen LogP contribution in [0.4, 0.5) is 0 Å². The van der Waals surface area contributed by atoms with Crippen LogP contribution in [0, 0.1) is 0 Å². The second-order valence-electron chi connectivity index (χ2n) is 4.21. The summed E-state index contributed by atoms with van der Waals surface area (Å²) in [5, 5.41) is 3.25. The Kier molecular flexibility index (Phi) is 3.11. The first-order valence-corrected chi connectivity index (χ1v) is 6.85. The number of rotatable bonds is 1. The molecule has 88 valence electrons. The first-order valence-electron chi connectivity index (χ1n) is 5.68. The van der Waals surface area contributed by atoms with E-state index in [1.807, 2.05) is 24.3 Å². The Bertz CT molecular complexity index is 702. The molecule has 0 bridgehead atoms. The van der Waals surface area contributed by atoms with Gasteiger partial charge in [-0.1, -0.05) is 57.9 Å². The van der Waals surface area contributed by atoms with E-state index in [1.165, 1.54) is 21.9 Å². The van der Waals surface area contributed by atoms with E-state index in [-0.39, 0.29) is 0 Å². The Labute approximate surface area is 119 Å². The number of hydrogen-bond acceptors (Lipinski definition) is 0. The predicted octanol–water partition coefficient (Wildman–Crippen LogP) is 5.92. The third-order valence-corrected chi connectivity index (χ3v) is 3.73. The van der Waals surface area contributed by atoms with Crippen molar-refractivity contribution in [1.82, 2.24) is 0 Å². The molecule has 3 aromatic rings. The van der Waals surface area contributed by atoms with E-state index in [2.05, 4.69) is 52.3 Å². The van der Waals surface area contributed by atoms with Crippen LogP contribution in [0.1, 0.15) is 0 Å². The highest BCUT2D eigenvalue weighted by molar-refractivity contribution is 9.10. The zero-order valence-corrected chi connectivity index (χ0v) is 11.9. The topological polar surface area (TPSA) is 0 Å². The summed E-state index contributed by atoms with van der Waals surface area (Å²) in [7, 11) is 0. The summed E-state index contributed by atoms with van der Waals surface area (Å²) in [6, 6.07) is 20.7. The van der Waals surface area contributed by atoms with Crippen molar-refractivity contribution in [2.75, 3.05) is 0 Å². The highest BCUT2D eigenvalue weighted by Crippen LogP contribution is 2.27. The average molecular weight is 318 g/mol. The van der Waals surface area contributed by atoms with Gasteiger partial charge in [-0.05, 0) is 52.2 Å². The van der Waals surface area contributed by atoms with Crippen LogP contribution in [0.5, 0.6) is 0 Å². The van der Waals surface area contributed by atoms with Gasteiger partial charge in [-0.15, -0.1) is 0 Å². The quantitative estimate of drug-likeness (QED) is 0.522. The molecule has 0 aliphatic rings. The summed E-state index contributed by atoms with van der Waals surface area (Å²) < 4.78 is 1.10. The molecule has 0 spiro atoms. The number of fused-ring (bicyclic) bond motifs is 1. The van der Waals surface area contributed by atoms with E-state index < -0.39 is 0 Å². The van der Waals surface area contributed by atoms with Gasteiger partial charge in [0.25, 0.3) is 0 Å². The molecule has 0 aromatic heterocycles. The third-order valence-electron chi connectivity index (χ3n) is 2.98. The minimum absolute atomic E-state index is 0.766. The Morgan fingerprint density at radius 3 is 2.11 bits per heavy atom. The van der Waals surface area contributed by atoms with Crippen LogP contribution in [0.15, 0.2) is 65.1 Å². The standard InChI is InChI=1S/C16H10BrCl/c17-15-6-3-12-1-2-13(9-14(12)10-15)11-4-7-16(18)8-5-11/h1-10H. The molecule has 0 amide bonds. The lowest BCUT2D eigenvalue weighted by Gasteiger charge is -2.05. The van der Waals surface area contributed by atoms with Crippen LogP contribution >= 0.6 is 27.5 Å². The van der Waals surface area contributed by atoms with Gasteiger partial charge in [-0.3, -0.25) is 0 Å². The molecule has 0 nitrogen and oxygen atoms in total. The van der Waals surface area contributed by atoms with Gasteiger partial charge in [0.15, 0.2) is 0 Å². The van der Waals surface area contributed by atoms with Crippen molar-refractivity contribution in [3.05, 3.63) is 70.2 Å². The number of halogens is 2. The lowest BCUT2D eigenvalue weighted by atomic mass is 10.0. The second-order valence-corrected chi connectivity index (χ2v) is 5.57. The van der Waals surface area contributed by atoms with Gasteiger partial charge < -0.3 is 0 Å². The van der Waals surface area contributed by atoms with Crippen molar-refractivity contribution in [1.29, 1.82) is 0 Å². The molecule has 0 fully saturated rings. The SMILES string of the molecule is Clc1ccc(-c2ccc3ccc(Br)cc3c2)cc1. The summed E-state index contributed by atoms with van der Waals surface area (Å²) in [5.74, 6) is 0. The van der Waals surface area contributed by atoms with Gasteiger partial charge in [-0.2, -0.15) is 0 Å². The van der Waals surface area contributed by atoms with Crippen molar-refractivity contribution in [2.45, 2.75) is 0 Å². The van der Waals surface area contributed by atoms with Crippen LogP contribution in [-0.2, 0) is 0 Å². The molecule has 3 aromatic carbocycles. The average Bonchev–Trinajstić information content (AvgIpc) is 2.38. The highest BCUT2D eigenvalue weighted by atomic mass is 79.9. The number of hydrogen-bond donors (Lipinski definition) is 0. The zero-order valence-electron chi connectivity index (χ0n) is 9.53. The maximum absolute atomic E-state index is 5.91. The van der Waals surface area contributed by atoms with E-state index in [4.69, 9.17) is 11.6 Å². The maximum Gasteiger partial charge on any atom is 0.0406 e. The highest BCUT2D eigenvalue weighted by Gasteiger charge is 2.00. The van der Waals surface area contributed by atoms with E-state index in [0.29, 0.717) is 0 Å². The van der Waals surface area contributed by atoms with E-state index in [1.54, 1.807) is 0 Å². The molecule has 0 saturated carbocycles. The van der Waals surface area contributed by atoms with Crippen molar-refractivity contribution in [3.8, 4) is 11.1 Å². The Hall–Kier alpha value is -1.31. The second kappa shape index (κ2) is 4.75. The molecule has 0 atom stereocenters. The summed E-state index contributed by atoms with van der Waals surface area (Å²) in [5.41, 5.74) is 2.39. The predicted molar refractivity (Wildman–Crippen MR) is 82.1 cm³/mol. The molecule has 18 heavy (non-hydrogen) atoms. The van der Waals surface area contributed by atoms with Gasteiger partial charge in [-0.25, -0.2) is 0 Å². The molecule has 0 saturated heterocycles. The van der Waals surface area contributed by atoms with Gasteiger partial charge in [0.1, 0.15) is 0 Å². The molecule has 3 rings (SSSR count). The van der Waals surface area contributed by atoms with Crippen molar-refractivity contribution >= 4 is 38.3 Å². The molecule has 0 N–H and O–H groups in total. The molecule has 0 heterocycles. The van der Waals surface area contributed by atoms with Crippen LogP contribution in [-0.4, -0.2) is 0 Å². The minimum atomic E-state index is 0.766. The van der Waals surface area contributed by atoms with Crippen LogP contribution in [0.3, 0.4) is 0 Å². The summed E-state index contributed by atoms with van der Waals surface area (Å²) in [6.07, 6.45) is 0. The van der Waals surface area contributed by atoms with Crippen LogP contribution in [0.2, 0.25) is 5.02 Å². The summed E-state index contributed by atoms with van der Waals surface area (Å²) in [6.45, 7) is 0. The van der Waals surface area contributed by atoms with E-state index >= 15 is 0 Å². The zero-order chi connectivity index (χ0) is 12.5. The van der Waals surface area contributed by atoms with E-state index in [9.17, 15) is 0 Å². The fraction of sp³-hybridized carbons (Fsp3) is 0. The molecular formula is C16H10BrCl. The van der Waals surface area contributed by atoms with Crippen molar-refractivity contribution < 1.29 is 0 Å². The maximum atomic E-state index is 5.91. The molecular weight excluding hydrogens is 308 g/mol. The number of benzene rings is 3. The van der Waals surface area contributed by atoms with Crippen molar-refractivity contribution in [3.63, 3.8) is 0 Å². The Balaban J connectivity index is 2.15. The lowest BCUT2D eigenvalue weighted by Crippen LogP contribution is -1.79. The van der Waals surface area contributed by atoms with Crippen LogP contribution in [0.25, 0.3) is 21.9 Å². The van der Waals surface area contributed by atoms with Gasteiger partial charge in [0, 0.05) is 9.50 Å². The largest absolute Gasteiger partial charge is 0.0843 e. The third kappa shape index (κ3) is 2.29. The smallest absolute Gasteiger partial charge is 0.0406 e. The first kappa shape index (κ1) is 11.8. The van der Waals surface area contributed by atoms with Gasteiger partial charge in [0.2, 0.25) is 0 Å². The minimum Gasteiger partial charge on any atom is -0.0843 e. The first-order chi connectivity index (χ1) is 8.72.